The van der Waals surface area contributed by atoms with E-state index in [1.54, 1.807) is 13.0 Å². The topological polar surface area (TPSA) is 57.6 Å². The largest absolute Gasteiger partial charge is 0.481 e. The van der Waals surface area contributed by atoms with E-state index in [2.05, 4.69) is 0 Å². The van der Waals surface area contributed by atoms with Crippen molar-refractivity contribution in [2.45, 2.75) is 19.8 Å². The molecule has 0 aromatic heterocycles. The number of rotatable bonds is 2. The number of aryl methyl sites for hydroxylation is 1. The van der Waals surface area contributed by atoms with Gasteiger partial charge in [-0.1, -0.05) is 6.07 Å². The maximum atomic E-state index is 13.8. The van der Waals surface area contributed by atoms with Crippen LogP contribution in [-0.2, 0) is 9.59 Å². The number of benzene rings is 1. The number of carboxylic acids is 1. The Hall–Kier alpha value is -1.91. The molecule has 1 atom stereocenters. The van der Waals surface area contributed by atoms with Gasteiger partial charge >= 0.3 is 5.97 Å². The van der Waals surface area contributed by atoms with Crippen LogP contribution in [0.4, 0.5) is 10.1 Å². The maximum Gasteiger partial charge on any atom is 0.308 e. The van der Waals surface area contributed by atoms with Crippen LogP contribution in [-0.4, -0.2) is 23.5 Å². The zero-order chi connectivity index (χ0) is 13.3. The Morgan fingerprint density at radius 2 is 2.22 bits per heavy atom. The van der Waals surface area contributed by atoms with Crippen LogP contribution in [0.15, 0.2) is 18.2 Å². The van der Waals surface area contributed by atoms with Crippen molar-refractivity contribution in [3.63, 3.8) is 0 Å². The smallest absolute Gasteiger partial charge is 0.308 e. The molecule has 18 heavy (non-hydrogen) atoms. The van der Waals surface area contributed by atoms with Crippen molar-refractivity contribution in [3.05, 3.63) is 29.6 Å². The van der Waals surface area contributed by atoms with Gasteiger partial charge in [0.1, 0.15) is 5.82 Å². The van der Waals surface area contributed by atoms with Crippen molar-refractivity contribution in [2.24, 2.45) is 5.92 Å². The monoisotopic (exact) mass is 251 g/mol. The predicted octanol–water partition coefficient (Wildman–Crippen LogP) is 1.96. The lowest BCUT2D eigenvalue weighted by molar-refractivity contribution is -0.142. The number of piperidine rings is 1. The highest BCUT2D eigenvalue weighted by Crippen LogP contribution is 2.27. The Kier molecular flexibility index (Phi) is 3.32. The van der Waals surface area contributed by atoms with Crippen molar-refractivity contribution in [1.82, 2.24) is 0 Å². The molecule has 0 bridgehead atoms. The summed E-state index contributed by atoms with van der Waals surface area (Å²) in [7, 11) is 0. The predicted molar refractivity (Wildman–Crippen MR) is 63.8 cm³/mol. The van der Waals surface area contributed by atoms with E-state index in [1.807, 2.05) is 0 Å². The third-order valence-corrected chi connectivity index (χ3v) is 3.15. The Morgan fingerprint density at radius 1 is 1.50 bits per heavy atom. The molecule has 1 saturated heterocycles. The minimum absolute atomic E-state index is 0.0359. The number of carboxylic acid groups (broad SMARTS) is 1. The van der Waals surface area contributed by atoms with Crippen molar-refractivity contribution in [3.8, 4) is 0 Å². The average Bonchev–Trinajstić information content (AvgIpc) is 2.30. The van der Waals surface area contributed by atoms with Crippen LogP contribution in [0.2, 0.25) is 0 Å². The SMILES string of the molecule is Cc1ccc(N2CC(C(=O)O)CCC2=O)c(F)c1. The highest BCUT2D eigenvalue weighted by atomic mass is 19.1. The Balaban J connectivity index is 2.29. The molecule has 0 aliphatic carbocycles. The summed E-state index contributed by atoms with van der Waals surface area (Å²) in [4.78, 5) is 23.9. The molecule has 0 saturated carbocycles. The molecule has 0 radical (unpaired) electrons. The normalized spacial score (nSPS) is 20.0. The highest BCUT2D eigenvalue weighted by molar-refractivity contribution is 5.95. The lowest BCUT2D eigenvalue weighted by Gasteiger charge is -2.30. The fourth-order valence-electron chi connectivity index (χ4n) is 2.11. The summed E-state index contributed by atoms with van der Waals surface area (Å²) in [6.07, 6.45) is 0.461. The van der Waals surface area contributed by atoms with Gasteiger partial charge in [-0.15, -0.1) is 0 Å². The molecule has 0 spiro atoms. The fraction of sp³-hybridized carbons (Fsp3) is 0.385. The number of hydrogen-bond acceptors (Lipinski definition) is 2. The molecule has 5 heteroatoms. The average molecular weight is 251 g/mol. The highest BCUT2D eigenvalue weighted by Gasteiger charge is 2.31. The van der Waals surface area contributed by atoms with Crippen LogP contribution >= 0.6 is 0 Å². The number of halogens is 1. The summed E-state index contributed by atoms with van der Waals surface area (Å²) < 4.78 is 13.8. The number of nitrogens with zero attached hydrogens (tertiary/aromatic N) is 1. The summed E-state index contributed by atoms with van der Waals surface area (Å²) in [6.45, 7) is 1.79. The molecular weight excluding hydrogens is 237 g/mol. The zero-order valence-electron chi connectivity index (χ0n) is 10.0. The molecule has 4 nitrogen and oxygen atoms in total. The molecule has 96 valence electrons. The lowest BCUT2D eigenvalue weighted by Crippen LogP contribution is -2.43. The van der Waals surface area contributed by atoms with Gasteiger partial charge in [0.25, 0.3) is 0 Å². The first-order valence-electron chi connectivity index (χ1n) is 5.78. The van der Waals surface area contributed by atoms with E-state index in [0.29, 0.717) is 6.42 Å². The summed E-state index contributed by atoms with van der Waals surface area (Å²) in [5.74, 6) is -2.28. The summed E-state index contributed by atoms with van der Waals surface area (Å²) >= 11 is 0. The standard InChI is InChI=1S/C13H14FNO3/c1-8-2-4-11(10(14)6-8)15-7-9(13(17)18)3-5-12(15)16/h2,4,6,9H,3,5,7H2,1H3,(H,17,18). The third-order valence-electron chi connectivity index (χ3n) is 3.15. The molecule has 1 aromatic carbocycles. The summed E-state index contributed by atoms with van der Waals surface area (Å²) in [5, 5.41) is 8.97. The molecule has 1 N–H and O–H groups in total. The molecule has 1 fully saturated rings. The molecule has 1 aromatic rings. The van der Waals surface area contributed by atoms with Gasteiger partial charge < -0.3 is 10.0 Å². The van der Waals surface area contributed by atoms with E-state index >= 15 is 0 Å². The van der Waals surface area contributed by atoms with Crippen LogP contribution in [0.3, 0.4) is 0 Å². The molecular formula is C13H14FNO3. The minimum atomic E-state index is -0.944. The van der Waals surface area contributed by atoms with Crippen LogP contribution < -0.4 is 4.90 Å². The fourth-order valence-corrected chi connectivity index (χ4v) is 2.11. The number of amides is 1. The van der Waals surface area contributed by atoms with Crippen molar-refractivity contribution in [1.29, 1.82) is 0 Å². The van der Waals surface area contributed by atoms with Crippen molar-refractivity contribution in [2.75, 3.05) is 11.4 Å². The summed E-state index contributed by atoms with van der Waals surface area (Å²) in [6, 6.07) is 4.57. The van der Waals surface area contributed by atoms with Crippen molar-refractivity contribution < 1.29 is 19.1 Å². The van der Waals surface area contributed by atoms with Gasteiger partial charge in [0.05, 0.1) is 11.6 Å². The van der Waals surface area contributed by atoms with Gasteiger partial charge in [-0.25, -0.2) is 4.39 Å². The minimum Gasteiger partial charge on any atom is -0.481 e. The van der Waals surface area contributed by atoms with Crippen LogP contribution in [0, 0.1) is 18.7 Å². The van der Waals surface area contributed by atoms with E-state index in [0.717, 1.165) is 5.56 Å². The Bertz CT molecular complexity index is 501. The second-order valence-corrected chi connectivity index (χ2v) is 4.53. The van der Waals surface area contributed by atoms with Gasteiger partial charge in [0, 0.05) is 13.0 Å². The number of aliphatic carboxylic acids is 1. The number of anilines is 1. The van der Waals surface area contributed by atoms with Gasteiger partial charge in [-0.05, 0) is 31.0 Å². The van der Waals surface area contributed by atoms with Gasteiger partial charge in [0.2, 0.25) is 5.91 Å². The lowest BCUT2D eigenvalue weighted by atomic mass is 9.97. The second-order valence-electron chi connectivity index (χ2n) is 4.53. The molecule has 1 unspecified atom stereocenters. The van der Waals surface area contributed by atoms with E-state index in [4.69, 9.17) is 5.11 Å². The van der Waals surface area contributed by atoms with E-state index < -0.39 is 17.7 Å². The molecule has 1 heterocycles. The maximum absolute atomic E-state index is 13.8. The van der Waals surface area contributed by atoms with E-state index in [9.17, 15) is 14.0 Å². The number of carbonyl (C=O) groups is 2. The Morgan fingerprint density at radius 3 is 2.83 bits per heavy atom. The first-order valence-corrected chi connectivity index (χ1v) is 5.78. The van der Waals surface area contributed by atoms with Gasteiger partial charge in [0.15, 0.2) is 0 Å². The Labute approximate surface area is 104 Å². The first-order chi connectivity index (χ1) is 8.49. The van der Waals surface area contributed by atoms with E-state index in [-0.39, 0.29) is 24.6 Å². The van der Waals surface area contributed by atoms with Crippen LogP contribution in [0.1, 0.15) is 18.4 Å². The molecule has 1 aliphatic heterocycles. The van der Waals surface area contributed by atoms with Crippen LogP contribution in [0.25, 0.3) is 0 Å². The van der Waals surface area contributed by atoms with E-state index in [1.165, 1.54) is 17.0 Å². The van der Waals surface area contributed by atoms with Gasteiger partial charge in [-0.2, -0.15) is 0 Å². The number of hydrogen-bond donors (Lipinski definition) is 1. The second kappa shape index (κ2) is 4.76. The summed E-state index contributed by atoms with van der Waals surface area (Å²) in [5.41, 5.74) is 0.923. The van der Waals surface area contributed by atoms with Crippen molar-refractivity contribution >= 4 is 17.6 Å². The quantitative estimate of drug-likeness (QED) is 0.874. The van der Waals surface area contributed by atoms with Crippen LogP contribution in [0.5, 0.6) is 0 Å². The number of carbonyl (C=O) groups excluding carboxylic acids is 1. The first kappa shape index (κ1) is 12.5. The third kappa shape index (κ3) is 2.34. The molecule has 1 aliphatic rings. The molecule has 2 rings (SSSR count). The zero-order valence-corrected chi connectivity index (χ0v) is 10.0. The molecule has 1 amide bonds. The van der Waals surface area contributed by atoms with Gasteiger partial charge in [-0.3, -0.25) is 9.59 Å².